The van der Waals surface area contributed by atoms with Crippen molar-refractivity contribution in [1.82, 2.24) is 16.0 Å². The summed E-state index contributed by atoms with van der Waals surface area (Å²) in [5, 5.41) is 9.08. The second kappa shape index (κ2) is 10.9. The highest BCUT2D eigenvalue weighted by Gasteiger charge is 2.15. The summed E-state index contributed by atoms with van der Waals surface area (Å²) < 4.78 is 5.15. The van der Waals surface area contributed by atoms with Gasteiger partial charge in [0.05, 0.1) is 0 Å². The maximum absolute atomic E-state index is 11.4. The number of aliphatic imine (C=N–C) groups is 1. The van der Waals surface area contributed by atoms with Gasteiger partial charge in [-0.05, 0) is 32.6 Å². The van der Waals surface area contributed by atoms with Crippen molar-refractivity contribution in [2.45, 2.75) is 53.6 Å². The van der Waals surface area contributed by atoms with Gasteiger partial charge in [-0.3, -0.25) is 4.99 Å². The summed E-state index contributed by atoms with van der Waals surface area (Å²) in [4.78, 5) is 15.6. The maximum Gasteiger partial charge on any atom is 0.407 e. The first-order valence-corrected chi connectivity index (χ1v) is 7.45. The Bertz CT molecular complexity index is 346. The first-order valence-electron chi connectivity index (χ1n) is 7.45. The lowest BCUT2D eigenvalue weighted by atomic mass is 9.92. The molecule has 0 radical (unpaired) electrons. The summed E-state index contributed by atoms with van der Waals surface area (Å²) in [7, 11) is 1.73. The average Bonchev–Trinajstić information content (AvgIpc) is 2.28. The predicted molar refractivity (Wildman–Crippen MR) is 103 cm³/mol. The van der Waals surface area contributed by atoms with E-state index in [1.807, 2.05) is 20.8 Å². The first-order chi connectivity index (χ1) is 9.53. The number of hydrogen-bond acceptors (Lipinski definition) is 3. The second-order valence-electron chi connectivity index (χ2n) is 7.17. The van der Waals surface area contributed by atoms with E-state index in [4.69, 9.17) is 4.74 Å². The minimum absolute atomic E-state index is 0. The third-order valence-corrected chi connectivity index (χ3v) is 2.48. The molecule has 0 spiro atoms. The van der Waals surface area contributed by atoms with Crippen molar-refractivity contribution in [3.05, 3.63) is 0 Å². The molecule has 0 unspecified atom stereocenters. The Balaban J connectivity index is 0. The fraction of sp³-hybridized carbons (Fsp3) is 0.867. The maximum atomic E-state index is 11.4. The molecule has 0 aliphatic rings. The van der Waals surface area contributed by atoms with Gasteiger partial charge in [0.15, 0.2) is 5.96 Å². The van der Waals surface area contributed by atoms with E-state index in [1.54, 1.807) is 7.05 Å². The van der Waals surface area contributed by atoms with Crippen molar-refractivity contribution >= 4 is 36.0 Å². The van der Waals surface area contributed by atoms with Crippen molar-refractivity contribution in [3.8, 4) is 0 Å². The van der Waals surface area contributed by atoms with Crippen molar-refractivity contribution in [2.24, 2.45) is 10.4 Å². The summed E-state index contributed by atoms with van der Waals surface area (Å²) >= 11 is 0. The molecule has 0 aliphatic carbocycles. The summed E-state index contributed by atoms with van der Waals surface area (Å²) in [6, 6.07) is 0. The zero-order chi connectivity index (χ0) is 16.5. The zero-order valence-corrected chi connectivity index (χ0v) is 17.3. The van der Waals surface area contributed by atoms with Gasteiger partial charge in [0.25, 0.3) is 0 Å². The van der Waals surface area contributed by atoms with Crippen LogP contribution < -0.4 is 16.0 Å². The van der Waals surface area contributed by atoms with Crippen molar-refractivity contribution in [1.29, 1.82) is 0 Å². The van der Waals surface area contributed by atoms with Crippen LogP contribution in [0.25, 0.3) is 0 Å². The lowest BCUT2D eigenvalue weighted by molar-refractivity contribution is 0.0529. The third-order valence-electron chi connectivity index (χ3n) is 2.48. The number of carbonyl (C=O) groups is 1. The quantitative estimate of drug-likeness (QED) is 0.273. The Morgan fingerprint density at radius 3 is 1.91 bits per heavy atom. The number of carbonyl (C=O) groups excluding carboxylic acids is 1. The highest BCUT2D eigenvalue weighted by atomic mass is 127. The largest absolute Gasteiger partial charge is 0.444 e. The summed E-state index contributed by atoms with van der Waals surface area (Å²) in [6.07, 6.45) is 0.657. The van der Waals surface area contributed by atoms with Gasteiger partial charge in [0.2, 0.25) is 0 Å². The molecule has 0 saturated carbocycles. The Kier molecular flexibility index (Phi) is 11.7. The van der Waals surface area contributed by atoms with Crippen LogP contribution in [-0.2, 0) is 4.74 Å². The standard InChI is InChI=1S/C15H32N4O2.HI/c1-14(2,3)8-9-17-12(16-7)18-10-11-19-13(20)21-15(4,5)6;/h8-11H2,1-7H3,(H,19,20)(H2,16,17,18);1H. The minimum Gasteiger partial charge on any atom is -0.444 e. The van der Waals surface area contributed by atoms with E-state index in [-0.39, 0.29) is 24.0 Å². The van der Waals surface area contributed by atoms with Crippen LogP contribution in [0.3, 0.4) is 0 Å². The van der Waals surface area contributed by atoms with Crippen LogP contribution in [-0.4, -0.2) is 44.3 Å². The molecule has 0 aromatic carbocycles. The summed E-state index contributed by atoms with van der Waals surface area (Å²) in [5.74, 6) is 0.741. The topological polar surface area (TPSA) is 74.8 Å². The molecule has 6 nitrogen and oxygen atoms in total. The summed E-state index contributed by atoms with van der Waals surface area (Å²) in [6.45, 7) is 14.1. The number of hydrogen-bond donors (Lipinski definition) is 3. The molecule has 0 aliphatic heterocycles. The SMILES string of the molecule is CN=C(NCCNC(=O)OC(C)(C)C)NCCC(C)(C)C.I. The number of amides is 1. The van der Waals surface area contributed by atoms with Gasteiger partial charge >= 0.3 is 6.09 Å². The van der Waals surface area contributed by atoms with Crippen LogP contribution in [0.1, 0.15) is 48.0 Å². The van der Waals surface area contributed by atoms with Crippen LogP contribution in [0.2, 0.25) is 0 Å². The lowest BCUT2D eigenvalue weighted by Crippen LogP contribution is -2.43. The molecule has 0 aromatic rings. The highest BCUT2D eigenvalue weighted by Crippen LogP contribution is 2.16. The molecule has 0 bridgehead atoms. The zero-order valence-electron chi connectivity index (χ0n) is 15.0. The van der Waals surface area contributed by atoms with Crippen LogP contribution in [0.15, 0.2) is 4.99 Å². The smallest absolute Gasteiger partial charge is 0.407 e. The van der Waals surface area contributed by atoms with Gasteiger partial charge in [-0.25, -0.2) is 4.79 Å². The molecular formula is C15H33IN4O2. The van der Waals surface area contributed by atoms with E-state index < -0.39 is 11.7 Å². The first kappa shape index (κ1) is 23.5. The van der Waals surface area contributed by atoms with Crippen molar-refractivity contribution < 1.29 is 9.53 Å². The normalized spacial score (nSPS) is 12.2. The fourth-order valence-electron chi connectivity index (χ4n) is 1.44. The number of nitrogens with one attached hydrogen (secondary N) is 3. The molecule has 0 fully saturated rings. The van der Waals surface area contributed by atoms with Gasteiger partial charge in [-0.2, -0.15) is 0 Å². The molecule has 7 heteroatoms. The average molecular weight is 428 g/mol. The van der Waals surface area contributed by atoms with Gasteiger partial charge in [0, 0.05) is 26.7 Å². The van der Waals surface area contributed by atoms with Gasteiger partial charge in [-0.1, -0.05) is 20.8 Å². The monoisotopic (exact) mass is 428 g/mol. The number of alkyl carbamates (subject to hydrolysis) is 1. The minimum atomic E-state index is -0.470. The molecule has 1 amide bonds. The fourth-order valence-corrected chi connectivity index (χ4v) is 1.44. The van der Waals surface area contributed by atoms with Crippen LogP contribution >= 0.6 is 24.0 Å². The molecule has 3 N–H and O–H groups in total. The van der Waals surface area contributed by atoms with Crippen LogP contribution in [0.5, 0.6) is 0 Å². The summed E-state index contributed by atoms with van der Waals surface area (Å²) in [5.41, 5.74) is -0.174. The van der Waals surface area contributed by atoms with E-state index in [9.17, 15) is 4.79 Å². The van der Waals surface area contributed by atoms with E-state index in [2.05, 4.69) is 41.7 Å². The van der Waals surface area contributed by atoms with Crippen molar-refractivity contribution in [3.63, 3.8) is 0 Å². The Morgan fingerprint density at radius 2 is 1.45 bits per heavy atom. The predicted octanol–water partition coefficient (Wildman–Crippen LogP) is 2.73. The van der Waals surface area contributed by atoms with Crippen molar-refractivity contribution in [2.75, 3.05) is 26.7 Å². The van der Waals surface area contributed by atoms with Gasteiger partial charge in [0.1, 0.15) is 5.60 Å². The molecule has 0 saturated heterocycles. The third kappa shape index (κ3) is 15.7. The molecule has 0 atom stereocenters. The Morgan fingerprint density at radius 1 is 0.955 bits per heavy atom. The molecule has 0 heterocycles. The lowest BCUT2D eigenvalue weighted by Gasteiger charge is -2.20. The second-order valence-corrected chi connectivity index (χ2v) is 7.17. The molecule has 0 aromatic heterocycles. The number of halogens is 1. The van der Waals surface area contributed by atoms with Crippen LogP contribution in [0, 0.1) is 5.41 Å². The molecule has 22 heavy (non-hydrogen) atoms. The van der Waals surface area contributed by atoms with E-state index in [1.165, 1.54) is 0 Å². The number of nitrogens with zero attached hydrogens (tertiary/aromatic N) is 1. The molecule has 132 valence electrons. The van der Waals surface area contributed by atoms with E-state index in [0.717, 1.165) is 18.9 Å². The highest BCUT2D eigenvalue weighted by molar-refractivity contribution is 14.0. The van der Waals surface area contributed by atoms with Gasteiger partial charge in [-0.15, -0.1) is 24.0 Å². The van der Waals surface area contributed by atoms with Crippen LogP contribution in [0.4, 0.5) is 4.79 Å². The van der Waals surface area contributed by atoms with E-state index in [0.29, 0.717) is 18.5 Å². The van der Waals surface area contributed by atoms with E-state index >= 15 is 0 Å². The Hall–Kier alpha value is -0.730. The molecular weight excluding hydrogens is 395 g/mol. The molecule has 0 rings (SSSR count). The number of ether oxygens (including phenoxy) is 1. The Labute approximate surface area is 152 Å². The van der Waals surface area contributed by atoms with Gasteiger partial charge < -0.3 is 20.7 Å². The number of guanidine groups is 1. The number of rotatable bonds is 5.